The second-order valence-corrected chi connectivity index (χ2v) is 7.74. The van der Waals surface area contributed by atoms with Crippen LogP contribution in [0.2, 0.25) is 5.02 Å². The molecular weight excluding hydrogens is 406 g/mol. The van der Waals surface area contributed by atoms with Crippen LogP contribution < -0.4 is 10.2 Å². The Labute approximate surface area is 178 Å². The third-order valence-electron chi connectivity index (χ3n) is 5.31. The van der Waals surface area contributed by atoms with E-state index >= 15 is 0 Å². The number of aromatic hydroxyl groups is 1. The smallest absolute Gasteiger partial charge is 0.290 e. The molecule has 4 rings (SSSR count). The molecule has 0 fully saturated rings. The Morgan fingerprint density at radius 1 is 1.20 bits per heavy atom. The van der Waals surface area contributed by atoms with Gasteiger partial charge < -0.3 is 19.2 Å². The van der Waals surface area contributed by atoms with Gasteiger partial charge in [0, 0.05) is 11.6 Å². The summed E-state index contributed by atoms with van der Waals surface area (Å²) in [4.78, 5) is 28.3. The summed E-state index contributed by atoms with van der Waals surface area (Å²) in [7, 11) is 0. The quantitative estimate of drug-likeness (QED) is 0.631. The Bertz CT molecular complexity index is 1220. The van der Waals surface area contributed by atoms with E-state index in [0.29, 0.717) is 46.9 Å². The van der Waals surface area contributed by atoms with Crippen LogP contribution in [-0.4, -0.2) is 29.1 Å². The van der Waals surface area contributed by atoms with E-state index in [2.05, 4.69) is 0 Å². The Balaban J connectivity index is 1.99. The van der Waals surface area contributed by atoms with Gasteiger partial charge in [-0.05, 0) is 55.7 Å². The number of aryl methyl sites for hydroxylation is 1. The lowest BCUT2D eigenvalue weighted by atomic mass is 9.97. The van der Waals surface area contributed by atoms with E-state index in [-0.39, 0.29) is 28.4 Å². The zero-order valence-electron chi connectivity index (χ0n) is 17.0. The average Bonchev–Trinajstić information content (AvgIpc) is 2.98. The molecule has 3 aromatic rings. The highest BCUT2D eigenvalue weighted by Gasteiger charge is 2.42. The predicted molar refractivity (Wildman–Crippen MR) is 115 cm³/mol. The maximum atomic E-state index is 13.5. The van der Waals surface area contributed by atoms with Gasteiger partial charge in [0.1, 0.15) is 5.58 Å². The van der Waals surface area contributed by atoms with Crippen molar-refractivity contribution in [1.82, 2.24) is 4.90 Å². The summed E-state index contributed by atoms with van der Waals surface area (Å²) in [5.41, 5.74) is 1.78. The Morgan fingerprint density at radius 3 is 2.67 bits per heavy atom. The molecule has 0 bridgehead atoms. The summed E-state index contributed by atoms with van der Waals surface area (Å²) in [5, 5.41) is 10.9. The SMILES string of the molecule is CCCN1C(=O)c2oc3cc(C)c(Cl)cc3c(=O)c2C1c1ccc(O)c(OCC)c1. The van der Waals surface area contributed by atoms with Gasteiger partial charge in [0.05, 0.1) is 23.6 Å². The molecule has 156 valence electrons. The van der Waals surface area contributed by atoms with Gasteiger partial charge in [0.25, 0.3) is 5.91 Å². The van der Waals surface area contributed by atoms with Crippen LogP contribution in [0.3, 0.4) is 0 Å². The van der Waals surface area contributed by atoms with Gasteiger partial charge >= 0.3 is 0 Å². The molecule has 0 radical (unpaired) electrons. The summed E-state index contributed by atoms with van der Waals surface area (Å²) in [5.74, 6) is 0.0318. The standard InChI is InChI=1S/C23H22ClNO5/c1-4-8-25-20(13-6-7-16(26)18(10-13)29-5-2)19-21(27)14-11-15(24)12(3)9-17(14)30-22(19)23(25)28/h6-7,9-11,20,26H,4-5,8H2,1-3H3. The van der Waals surface area contributed by atoms with Crippen molar-refractivity contribution in [3.05, 3.63) is 68.0 Å². The van der Waals surface area contributed by atoms with Crippen LogP contribution in [0, 0.1) is 6.92 Å². The number of amides is 1. The number of carbonyl (C=O) groups excluding carboxylic acids is 1. The van der Waals surface area contributed by atoms with Crippen LogP contribution in [0.5, 0.6) is 11.5 Å². The van der Waals surface area contributed by atoms with E-state index in [1.165, 1.54) is 6.07 Å². The highest BCUT2D eigenvalue weighted by atomic mass is 35.5. The molecule has 6 nitrogen and oxygen atoms in total. The summed E-state index contributed by atoms with van der Waals surface area (Å²) in [6.07, 6.45) is 0.714. The summed E-state index contributed by atoms with van der Waals surface area (Å²) < 4.78 is 11.4. The molecule has 30 heavy (non-hydrogen) atoms. The van der Waals surface area contributed by atoms with Gasteiger partial charge in [-0.15, -0.1) is 0 Å². The van der Waals surface area contributed by atoms with Gasteiger partial charge in [0.2, 0.25) is 5.76 Å². The first-order chi connectivity index (χ1) is 14.4. The van der Waals surface area contributed by atoms with Gasteiger partial charge in [0.15, 0.2) is 16.9 Å². The molecule has 2 heterocycles. The Kier molecular flexibility index (Phi) is 5.20. The van der Waals surface area contributed by atoms with Crippen molar-refractivity contribution < 1.29 is 19.1 Å². The normalized spacial score (nSPS) is 15.7. The van der Waals surface area contributed by atoms with Gasteiger partial charge in [-0.2, -0.15) is 0 Å². The fourth-order valence-corrected chi connectivity index (χ4v) is 4.09. The van der Waals surface area contributed by atoms with Crippen LogP contribution in [0.15, 0.2) is 39.5 Å². The number of nitrogens with zero attached hydrogens (tertiary/aromatic N) is 1. The molecule has 0 saturated carbocycles. The average molecular weight is 428 g/mol. The predicted octanol–water partition coefficient (Wildman–Crippen LogP) is 4.81. The molecule has 1 aliphatic heterocycles. The molecule has 1 amide bonds. The number of carbonyl (C=O) groups is 1. The molecule has 7 heteroatoms. The first kappa shape index (κ1) is 20.3. The summed E-state index contributed by atoms with van der Waals surface area (Å²) in [6, 6.07) is 7.51. The number of hydrogen-bond donors (Lipinski definition) is 1. The molecule has 1 N–H and O–H groups in total. The van der Waals surface area contributed by atoms with E-state index in [0.717, 1.165) is 5.56 Å². The number of halogens is 1. The first-order valence-electron chi connectivity index (χ1n) is 9.90. The molecule has 1 unspecified atom stereocenters. The van der Waals surface area contributed by atoms with Crippen molar-refractivity contribution in [3.8, 4) is 11.5 Å². The van der Waals surface area contributed by atoms with E-state index in [1.54, 1.807) is 29.2 Å². The van der Waals surface area contributed by atoms with Crippen molar-refractivity contribution in [2.75, 3.05) is 13.2 Å². The third-order valence-corrected chi connectivity index (χ3v) is 5.72. The minimum atomic E-state index is -0.631. The van der Waals surface area contributed by atoms with Crippen molar-refractivity contribution in [3.63, 3.8) is 0 Å². The minimum absolute atomic E-state index is 0.00000796. The number of rotatable bonds is 5. The molecule has 1 atom stereocenters. The molecule has 2 aromatic carbocycles. The fourth-order valence-electron chi connectivity index (χ4n) is 3.93. The van der Waals surface area contributed by atoms with Gasteiger partial charge in [-0.25, -0.2) is 0 Å². The first-order valence-corrected chi connectivity index (χ1v) is 10.3. The molecule has 0 spiro atoms. The molecule has 0 saturated heterocycles. The number of benzene rings is 2. The summed E-state index contributed by atoms with van der Waals surface area (Å²) >= 11 is 6.24. The lowest BCUT2D eigenvalue weighted by molar-refractivity contribution is 0.0728. The van der Waals surface area contributed by atoms with Crippen molar-refractivity contribution >= 4 is 28.5 Å². The number of fused-ring (bicyclic) bond motifs is 2. The van der Waals surface area contributed by atoms with Crippen molar-refractivity contribution in [2.45, 2.75) is 33.2 Å². The van der Waals surface area contributed by atoms with Crippen LogP contribution >= 0.6 is 11.6 Å². The van der Waals surface area contributed by atoms with E-state index in [9.17, 15) is 14.7 Å². The zero-order chi connectivity index (χ0) is 21.6. The highest BCUT2D eigenvalue weighted by molar-refractivity contribution is 6.32. The van der Waals surface area contributed by atoms with Crippen LogP contribution in [-0.2, 0) is 0 Å². The second-order valence-electron chi connectivity index (χ2n) is 7.33. The van der Waals surface area contributed by atoms with Gasteiger partial charge in [-0.1, -0.05) is 24.6 Å². The maximum absolute atomic E-state index is 13.5. The van der Waals surface area contributed by atoms with Crippen LogP contribution in [0.25, 0.3) is 11.0 Å². The molecular formula is C23H22ClNO5. The van der Waals surface area contributed by atoms with E-state index in [1.807, 2.05) is 20.8 Å². The number of hydrogen-bond acceptors (Lipinski definition) is 5. The fraction of sp³-hybridized carbons (Fsp3) is 0.304. The van der Waals surface area contributed by atoms with E-state index < -0.39 is 6.04 Å². The molecule has 1 aliphatic rings. The largest absolute Gasteiger partial charge is 0.504 e. The highest BCUT2D eigenvalue weighted by Crippen LogP contribution is 2.41. The van der Waals surface area contributed by atoms with Crippen molar-refractivity contribution in [2.24, 2.45) is 0 Å². The Hall–Kier alpha value is -2.99. The molecule has 1 aromatic heterocycles. The zero-order valence-corrected chi connectivity index (χ0v) is 17.7. The van der Waals surface area contributed by atoms with E-state index in [4.69, 9.17) is 20.8 Å². The van der Waals surface area contributed by atoms with Gasteiger partial charge in [-0.3, -0.25) is 9.59 Å². The minimum Gasteiger partial charge on any atom is -0.504 e. The summed E-state index contributed by atoms with van der Waals surface area (Å²) in [6.45, 7) is 6.42. The molecule has 0 aliphatic carbocycles. The lowest BCUT2D eigenvalue weighted by Crippen LogP contribution is -2.30. The van der Waals surface area contributed by atoms with Crippen molar-refractivity contribution in [1.29, 1.82) is 0 Å². The number of phenols is 1. The van der Waals surface area contributed by atoms with Crippen LogP contribution in [0.4, 0.5) is 0 Å². The van der Waals surface area contributed by atoms with Crippen LogP contribution in [0.1, 0.15) is 53.6 Å². The number of ether oxygens (including phenoxy) is 1. The monoisotopic (exact) mass is 427 g/mol. The topological polar surface area (TPSA) is 80.0 Å². The third kappa shape index (κ3) is 3.12. The Morgan fingerprint density at radius 2 is 1.97 bits per heavy atom. The second kappa shape index (κ2) is 7.69. The maximum Gasteiger partial charge on any atom is 0.290 e. The number of phenolic OH excluding ortho intramolecular Hbond substituents is 1. The lowest BCUT2D eigenvalue weighted by Gasteiger charge is -2.25.